The van der Waals surface area contributed by atoms with Crippen molar-refractivity contribution in [3.05, 3.63) is 15.9 Å². The summed E-state index contributed by atoms with van der Waals surface area (Å²) in [4.78, 5) is 0. The highest BCUT2D eigenvalue weighted by Gasteiger charge is 2.26. The Morgan fingerprint density at radius 2 is 2.11 bits per heavy atom. The summed E-state index contributed by atoms with van der Waals surface area (Å²) in [7, 11) is 2.05. The van der Waals surface area contributed by atoms with Gasteiger partial charge in [-0.2, -0.15) is 5.10 Å². The molecule has 1 fully saturated rings. The number of halogens is 1. The summed E-state index contributed by atoms with van der Waals surface area (Å²) < 4.78 is 3.21. The molecule has 0 aromatic carbocycles. The molecule has 0 radical (unpaired) electrons. The van der Waals surface area contributed by atoms with E-state index in [9.17, 15) is 0 Å². The molecule has 0 spiro atoms. The summed E-state index contributed by atoms with van der Waals surface area (Å²) in [5.74, 6) is 0.840. The van der Waals surface area contributed by atoms with Gasteiger partial charge in [0.1, 0.15) is 0 Å². The Bertz CT molecular complexity index is 394. The molecule has 4 heteroatoms. The molecule has 1 aliphatic carbocycles. The van der Waals surface area contributed by atoms with Gasteiger partial charge >= 0.3 is 0 Å². The molecule has 2 rings (SSSR count). The van der Waals surface area contributed by atoms with Gasteiger partial charge in [-0.3, -0.25) is 4.68 Å². The molecule has 1 aromatic heterocycles. The average Bonchev–Trinajstić information content (AvgIpc) is 2.93. The molecule has 0 bridgehead atoms. The maximum absolute atomic E-state index is 4.49. The maximum atomic E-state index is 4.49. The van der Waals surface area contributed by atoms with Crippen molar-refractivity contribution >= 4 is 15.9 Å². The van der Waals surface area contributed by atoms with E-state index in [4.69, 9.17) is 0 Å². The summed E-state index contributed by atoms with van der Waals surface area (Å²) in [6.07, 6.45) is 6.64. The van der Waals surface area contributed by atoms with Gasteiger partial charge in [0.15, 0.2) is 0 Å². The minimum absolute atomic E-state index is 0.601. The second kappa shape index (κ2) is 6.20. The molecule has 0 saturated heterocycles. The number of aryl methyl sites for hydroxylation is 2. The predicted octanol–water partition coefficient (Wildman–Crippen LogP) is 3.20. The van der Waals surface area contributed by atoms with Gasteiger partial charge in [-0.15, -0.1) is 0 Å². The van der Waals surface area contributed by atoms with Crippen molar-refractivity contribution in [1.82, 2.24) is 15.1 Å². The molecule has 18 heavy (non-hydrogen) atoms. The average molecular weight is 314 g/mol. The van der Waals surface area contributed by atoms with Crippen LogP contribution in [0.25, 0.3) is 0 Å². The second-order valence-electron chi connectivity index (χ2n) is 5.38. The van der Waals surface area contributed by atoms with Gasteiger partial charge in [-0.25, -0.2) is 0 Å². The van der Waals surface area contributed by atoms with Gasteiger partial charge < -0.3 is 5.32 Å². The standard InChI is InChI=1S/C14H24BrN3/c1-4-16-12(11-7-5-6-8-11)9-13-14(15)10(2)17-18(13)3/h11-12,16H,4-9H2,1-3H3. The third kappa shape index (κ3) is 2.97. The molecule has 0 aliphatic heterocycles. The third-order valence-corrected chi connectivity index (χ3v) is 5.14. The van der Waals surface area contributed by atoms with E-state index in [-0.39, 0.29) is 0 Å². The zero-order valence-corrected chi connectivity index (χ0v) is 13.3. The molecule has 1 aromatic rings. The van der Waals surface area contributed by atoms with E-state index in [2.05, 4.69) is 40.2 Å². The van der Waals surface area contributed by atoms with E-state index in [1.54, 1.807) is 0 Å². The molecular formula is C14H24BrN3. The zero-order valence-electron chi connectivity index (χ0n) is 11.7. The van der Waals surface area contributed by atoms with E-state index in [0.717, 1.165) is 24.6 Å². The first-order valence-corrected chi connectivity index (χ1v) is 7.84. The fourth-order valence-corrected chi connectivity index (χ4v) is 3.64. The first-order valence-electron chi connectivity index (χ1n) is 7.04. The van der Waals surface area contributed by atoms with Crippen LogP contribution in [0.1, 0.15) is 44.0 Å². The van der Waals surface area contributed by atoms with Crippen LogP contribution < -0.4 is 5.32 Å². The Balaban J connectivity index is 2.12. The lowest BCUT2D eigenvalue weighted by atomic mass is 9.94. The predicted molar refractivity (Wildman–Crippen MR) is 78.8 cm³/mol. The maximum Gasteiger partial charge on any atom is 0.0738 e. The van der Waals surface area contributed by atoms with Crippen molar-refractivity contribution in [2.24, 2.45) is 13.0 Å². The summed E-state index contributed by atoms with van der Waals surface area (Å²) in [5.41, 5.74) is 2.42. The smallest absolute Gasteiger partial charge is 0.0738 e. The van der Waals surface area contributed by atoms with Gasteiger partial charge in [0.05, 0.1) is 15.9 Å². The number of hydrogen-bond donors (Lipinski definition) is 1. The number of hydrogen-bond acceptors (Lipinski definition) is 2. The van der Waals surface area contributed by atoms with E-state index in [0.29, 0.717) is 6.04 Å². The highest BCUT2D eigenvalue weighted by Crippen LogP contribution is 2.31. The van der Waals surface area contributed by atoms with Crippen molar-refractivity contribution in [3.8, 4) is 0 Å². The molecular weight excluding hydrogens is 290 g/mol. The van der Waals surface area contributed by atoms with Crippen LogP contribution in [0, 0.1) is 12.8 Å². The van der Waals surface area contributed by atoms with Crippen molar-refractivity contribution in [3.63, 3.8) is 0 Å². The number of nitrogens with zero attached hydrogens (tertiary/aromatic N) is 2. The van der Waals surface area contributed by atoms with Gasteiger partial charge in [0.2, 0.25) is 0 Å². The minimum atomic E-state index is 0.601. The molecule has 1 N–H and O–H groups in total. The van der Waals surface area contributed by atoms with E-state index >= 15 is 0 Å². The van der Waals surface area contributed by atoms with Crippen LogP contribution in [-0.2, 0) is 13.5 Å². The van der Waals surface area contributed by atoms with Crippen LogP contribution in [0.5, 0.6) is 0 Å². The Hall–Kier alpha value is -0.350. The summed E-state index contributed by atoms with van der Waals surface area (Å²) in [6, 6.07) is 0.601. The quantitative estimate of drug-likeness (QED) is 0.904. The number of rotatable bonds is 5. The van der Waals surface area contributed by atoms with Gasteiger partial charge in [-0.05, 0) is 48.2 Å². The molecule has 1 heterocycles. The normalized spacial score (nSPS) is 18.4. The van der Waals surface area contributed by atoms with Crippen LogP contribution in [-0.4, -0.2) is 22.4 Å². The van der Waals surface area contributed by atoms with Gasteiger partial charge in [0.25, 0.3) is 0 Å². The third-order valence-electron chi connectivity index (χ3n) is 4.11. The van der Waals surface area contributed by atoms with Crippen LogP contribution in [0.2, 0.25) is 0 Å². The topological polar surface area (TPSA) is 29.9 Å². The molecule has 1 unspecified atom stereocenters. The van der Waals surface area contributed by atoms with E-state index in [1.807, 2.05) is 11.7 Å². The van der Waals surface area contributed by atoms with Crippen molar-refractivity contribution in [2.45, 2.75) is 52.0 Å². The molecule has 1 aliphatic rings. The minimum Gasteiger partial charge on any atom is -0.314 e. The number of nitrogens with one attached hydrogen (secondary N) is 1. The summed E-state index contributed by atoms with van der Waals surface area (Å²) in [6.45, 7) is 5.31. The number of aromatic nitrogens is 2. The van der Waals surface area contributed by atoms with Crippen LogP contribution >= 0.6 is 15.9 Å². The van der Waals surface area contributed by atoms with Crippen molar-refractivity contribution < 1.29 is 0 Å². The van der Waals surface area contributed by atoms with Gasteiger partial charge in [-0.1, -0.05) is 19.8 Å². The lowest BCUT2D eigenvalue weighted by Crippen LogP contribution is -2.37. The Morgan fingerprint density at radius 3 is 2.61 bits per heavy atom. The zero-order chi connectivity index (χ0) is 13.1. The largest absolute Gasteiger partial charge is 0.314 e. The highest BCUT2D eigenvalue weighted by molar-refractivity contribution is 9.10. The fourth-order valence-electron chi connectivity index (χ4n) is 3.14. The van der Waals surface area contributed by atoms with Gasteiger partial charge in [0, 0.05) is 19.5 Å². The van der Waals surface area contributed by atoms with E-state index in [1.165, 1.54) is 35.8 Å². The van der Waals surface area contributed by atoms with Crippen LogP contribution in [0.4, 0.5) is 0 Å². The fraction of sp³-hybridized carbons (Fsp3) is 0.786. The Labute approximate surface area is 118 Å². The van der Waals surface area contributed by atoms with Crippen molar-refractivity contribution in [2.75, 3.05) is 6.54 Å². The summed E-state index contributed by atoms with van der Waals surface area (Å²) in [5, 5.41) is 8.17. The molecule has 0 amide bonds. The molecule has 3 nitrogen and oxygen atoms in total. The molecule has 1 atom stereocenters. The molecule has 102 valence electrons. The van der Waals surface area contributed by atoms with Crippen LogP contribution in [0.3, 0.4) is 0 Å². The first-order chi connectivity index (χ1) is 8.63. The van der Waals surface area contributed by atoms with Crippen LogP contribution in [0.15, 0.2) is 4.47 Å². The first kappa shape index (κ1) is 14.1. The van der Waals surface area contributed by atoms with Crippen molar-refractivity contribution in [1.29, 1.82) is 0 Å². The SMILES string of the molecule is CCNC(Cc1c(Br)c(C)nn1C)C1CCCC1. The number of likely N-dealkylation sites (N-methyl/N-ethyl adjacent to an activating group) is 1. The lowest BCUT2D eigenvalue weighted by molar-refractivity contribution is 0.356. The monoisotopic (exact) mass is 313 g/mol. The highest BCUT2D eigenvalue weighted by atomic mass is 79.9. The van der Waals surface area contributed by atoms with E-state index < -0.39 is 0 Å². The Morgan fingerprint density at radius 1 is 1.44 bits per heavy atom. The Kier molecular flexibility index (Phi) is 4.84. The second-order valence-corrected chi connectivity index (χ2v) is 6.18. The summed E-state index contributed by atoms with van der Waals surface area (Å²) >= 11 is 3.68. The molecule has 1 saturated carbocycles. The lowest BCUT2D eigenvalue weighted by Gasteiger charge is -2.24.